The van der Waals surface area contributed by atoms with Crippen LogP contribution in [0.5, 0.6) is 0 Å². The van der Waals surface area contributed by atoms with Gasteiger partial charge in [-0.05, 0) is 49.8 Å². The van der Waals surface area contributed by atoms with Crippen LogP contribution in [0, 0.1) is 6.92 Å². The van der Waals surface area contributed by atoms with Gasteiger partial charge in [0.2, 0.25) is 5.91 Å². The number of nitrogens with zero attached hydrogens (tertiary/aromatic N) is 1. The Labute approximate surface area is 113 Å². The van der Waals surface area contributed by atoms with E-state index in [1.165, 1.54) is 30.3 Å². The molecule has 1 saturated heterocycles. The fraction of sp³-hybridized carbons (Fsp3) is 0.500. The Morgan fingerprint density at radius 2 is 2.11 bits per heavy atom. The standard InChI is InChI=1S/C14H20N2OS/c1-11-9-12(16-7-3-4-8-16)5-6-13(11)15-14(17)10-18-2/h5-6,9H,3-4,7-8,10H2,1-2H3,(H,15,17). The van der Waals surface area contributed by atoms with Gasteiger partial charge in [0.1, 0.15) is 0 Å². The van der Waals surface area contributed by atoms with Crippen molar-refractivity contribution in [1.82, 2.24) is 0 Å². The first-order chi connectivity index (χ1) is 8.70. The zero-order valence-corrected chi connectivity index (χ0v) is 11.8. The molecule has 1 aromatic carbocycles. The third-order valence-electron chi connectivity index (χ3n) is 3.23. The summed E-state index contributed by atoms with van der Waals surface area (Å²) in [5.74, 6) is 0.576. The SMILES string of the molecule is CSCC(=O)Nc1ccc(N2CCCC2)cc1C. The van der Waals surface area contributed by atoms with Crippen molar-refractivity contribution in [2.45, 2.75) is 19.8 Å². The number of anilines is 2. The van der Waals surface area contributed by atoms with Crippen molar-refractivity contribution < 1.29 is 4.79 Å². The van der Waals surface area contributed by atoms with E-state index >= 15 is 0 Å². The molecule has 0 radical (unpaired) electrons. The Morgan fingerprint density at radius 3 is 2.72 bits per heavy atom. The number of benzene rings is 1. The molecular formula is C14H20N2OS. The molecule has 0 aliphatic carbocycles. The second-order valence-corrected chi connectivity index (χ2v) is 5.54. The molecule has 1 fully saturated rings. The van der Waals surface area contributed by atoms with Crippen LogP contribution in [0.4, 0.5) is 11.4 Å². The van der Waals surface area contributed by atoms with E-state index in [4.69, 9.17) is 0 Å². The van der Waals surface area contributed by atoms with Crippen molar-refractivity contribution in [3.8, 4) is 0 Å². The second kappa shape index (κ2) is 6.14. The van der Waals surface area contributed by atoms with Crippen LogP contribution in [0.1, 0.15) is 18.4 Å². The number of aryl methyl sites for hydroxylation is 1. The summed E-state index contributed by atoms with van der Waals surface area (Å²) in [6, 6.07) is 6.29. The third kappa shape index (κ3) is 3.19. The molecule has 0 saturated carbocycles. The summed E-state index contributed by atoms with van der Waals surface area (Å²) in [5.41, 5.74) is 3.33. The molecule has 1 aliphatic rings. The number of nitrogens with one attached hydrogen (secondary N) is 1. The lowest BCUT2D eigenvalue weighted by Crippen LogP contribution is -2.18. The van der Waals surface area contributed by atoms with Crippen LogP contribution in [-0.4, -0.2) is 31.0 Å². The maximum atomic E-state index is 11.6. The van der Waals surface area contributed by atoms with E-state index in [2.05, 4.69) is 22.3 Å². The number of carbonyl (C=O) groups is 1. The predicted octanol–water partition coefficient (Wildman–Crippen LogP) is 2.90. The molecule has 1 amide bonds. The first-order valence-electron chi connectivity index (χ1n) is 6.35. The second-order valence-electron chi connectivity index (χ2n) is 4.67. The maximum Gasteiger partial charge on any atom is 0.234 e. The summed E-state index contributed by atoms with van der Waals surface area (Å²) in [6.45, 7) is 4.35. The van der Waals surface area contributed by atoms with Gasteiger partial charge in [0.05, 0.1) is 5.75 Å². The average Bonchev–Trinajstić information content (AvgIpc) is 2.85. The van der Waals surface area contributed by atoms with Gasteiger partial charge in [-0.15, -0.1) is 0 Å². The quantitative estimate of drug-likeness (QED) is 0.907. The summed E-state index contributed by atoms with van der Waals surface area (Å²) >= 11 is 1.54. The van der Waals surface area contributed by atoms with Gasteiger partial charge in [0.15, 0.2) is 0 Å². The summed E-state index contributed by atoms with van der Waals surface area (Å²) in [6.07, 6.45) is 4.50. The fourth-order valence-electron chi connectivity index (χ4n) is 2.28. The zero-order chi connectivity index (χ0) is 13.0. The van der Waals surface area contributed by atoms with Crippen molar-refractivity contribution in [1.29, 1.82) is 0 Å². The van der Waals surface area contributed by atoms with E-state index in [1.807, 2.05) is 19.2 Å². The molecule has 0 atom stereocenters. The molecule has 0 spiro atoms. The molecule has 3 nitrogen and oxygen atoms in total. The molecule has 1 N–H and O–H groups in total. The van der Waals surface area contributed by atoms with Gasteiger partial charge in [-0.2, -0.15) is 11.8 Å². The Kier molecular flexibility index (Phi) is 4.53. The number of thioether (sulfide) groups is 1. The van der Waals surface area contributed by atoms with Gasteiger partial charge in [0.25, 0.3) is 0 Å². The van der Waals surface area contributed by atoms with Gasteiger partial charge in [0, 0.05) is 24.5 Å². The Hall–Kier alpha value is -1.16. The van der Waals surface area contributed by atoms with E-state index in [-0.39, 0.29) is 5.91 Å². The van der Waals surface area contributed by atoms with Crippen LogP contribution in [0.15, 0.2) is 18.2 Å². The molecule has 18 heavy (non-hydrogen) atoms. The summed E-state index contributed by atoms with van der Waals surface area (Å²) in [7, 11) is 0. The Balaban J connectivity index is 2.07. The first-order valence-corrected chi connectivity index (χ1v) is 7.74. The van der Waals surface area contributed by atoms with Crippen molar-refractivity contribution in [2.75, 3.05) is 35.3 Å². The molecule has 2 rings (SSSR count). The minimum atomic E-state index is 0.0690. The lowest BCUT2D eigenvalue weighted by molar-refractivity contribution is -0.113. The van der Waals surface area contributed by atoms with Crippen LogP contribution in [0.3, 0.4) is 0 Å². The number of hydrogen-bond acceptors (Lipinski definition) is 3. The molecule has 1 aromatic rings. The van der Waals surface area contributed by atoms with Crippen LogP contribution < -0.4 is 10.2 Å². The number of carbonyl (C=O) groups excluding carboxylic acids is 1. The normalized spacial score (nSPS) is 14.9. The minimum absolute atomic E-state index is 0.0690. The van der Waals surface area contributed by atoms with E-state index in [0.29, 0.717) is 5.75 Å². The first kappa shape index (κ1) is 13.3. The highest BCUT2D eigenvalue weighted by Crippen LogP contribution is 2.25. The van der Waals surface area contributed by atoms with E-state index in [0.717, 1.165) is 24.3 Å². The molecule has 0 unspecified atom stereocenters. The Morgan fingerprint density at radius 1 is 1.39 bits per heavy atom. The van der Waals surface area contributed by atoms with Crippen LogP contribution in [0.25, 0.3) is 0 Å². The largest absolute Gasteiger partial charge is 0.372 e. The molecule has 1 heterocycles. The fourth-order valence-corrected chi connectivity index (χ4v) is 2.61. The number of amides is 1. The zero-order valence-electron chi connectivity index (χ0n) is 11.0. The number of rotatable bonds is 4. The van der Waals surface area contributed by atoms with E-state index in [9.17, 15) is 4.79 Å². The van der Waals surface area contributed by atoms with Gasteiger partial charge in [-0.25, -0.2) is 0 Å². The average molecular weight is 264 g/mol. The molecule has 98 valence electrons. The van der Waals surface area contributed by atoms with Crippen LogP contribution in [0.2, 0.25) is 0 Å². The maximum absolute atomic E-state index is 11.6. The topological polar surface area (TPSA) is 32.3 Å². The lowest BCUT2D eigenvalue weighted by Gasteiger charge is -2.19. The number of hydrogen-bond donors (Lipinski definition) is 1. The van der Waals surface area contributed by atoms with Gasteiger partial charge >= 0.3 is 0 Å². The molecule has 1 aliphatic heterocycles. The van der Waals surface area contributed by atoms with Crippen LogP contribution in [-0.2, 0) is 4.79 Å². The van der Waals surface area contributed by atoms with E-state index < -0.39 is 0 Å². The minimum Gasteiger partial charge on any atom is -0.372 e. The van der Waals surface area contributed by atoms with Crippen molar-refractivity contribution in [2.24, 2.45) is 0 Å². The highest BCUT2D eigenvalue weighted by atomic mass is 32.2. The highest BCUT2D eigenvalue weighted by molar-refractivity contribution is 7.99. The van der Waals surface area contributed by atoms with Crippen molar-refractivity contribution >= 4 is 29.0 Å². The van der Waals surface area contributed by atoms with Gasteiger partial charge < -0.3 is 10.2 Å². The van der Waals surface area contributed by atoms with Gasteiger partial charge in [-0.3, -0.25) is 4.79 Å². The lowest BCUT2D eigenvalue weighted by atomic mass is 10.1. The van der Waals surface area contributed by atoms with Crippen molar-refractivity contribution in [3.05, 3.63) is 23.8 Å². The summed E-state index contributed by atoms with van der Waals surface area (Å²) in [5, 5.41) is 2.95. The summed E-state index contributed by atoms with van der Waals surface area (Å²) < 4.78 is 0. The molecular weight excluding hydrogens is 244 g/mol. The highest BCUT2D eigenvalue weighted by Gasteiger charge is 2.13. The molecule has 0 bridgehead atoms. The monoisotopic (exact) mass is 264 g/mol. The molecule has 4 heteroatoms. The van der Waals surface area contributed by atoms with Crippen LogP contribution >= 0.6 is 11.8 Å². The predicted molar refractivity (Wildman–Crippen MR) is 79.6 cm³/mol. The Bertz CT molecular complexity index is 428. The van der Waals surface area contributed by atoms with E-state index in [1.54, 1.807) is 0 Å². The summed E-state index contributed by atoms with van der Waals surface area (Å²) in [4.78, 5) is 14.0. The van der Waals surface area contributed by atoms with Gasteiger partial charge in [-0.1, -0.05) is 0 Å². The molecule has 0 aromatic heterocycles. The third-order valence-corrected chi connectivity index (χ3v) is 3.78. The van der Waals surface area contributed by atoms with Crippen molar-refractivity contribution in [3.63, 3.8) is 0 Å². The smallest absolute Gasteiger partial charge is 0.234 e.